The summed E-state index contributed by atoms with van der Waals surface area (Å²) in [5.41, 5.74) is 1.51. The van der Waals surface area contributed by atoms with Crippen LogP contribution in [0.15, 0.2) is 30.3 Å². The van der Waals surface area contributed by atoms with Crippen LogP contribution in [0.2, 0.25) is 0 Å². The minimum absolute atomic E-state index is 0.619. The van der Waals surface area contributed by atoms with Gasteiger partial charge in [-0.1, -0.05) is 69.9 Å². The van der Waals surface area contributed by atoms with E-state index in [2.05, 4.69) is 49.5 Å². The molecule has 1 saturated carbocycles. The zero-order valence-electron chi connectivity index (χ0n) is 13.3. The van der Waals surface area contributed by atoms with Crippen molar-refractivity contribution in [1.82, 2.24) is 5.32 Å². The summed E-state index contributed by atoms with van der Waals surface area (Å²) in [4.78, 5) is 0. The van der Waals surface area contributed by atoms with Crippen LogP contribution in [0.3, 0.4) is 0 Å². The van der Waals surface area contributed by atoms with Gasteiger partial charge in [0.1, 0.15) is 0 Å². The second kappa shape index (κ2) is 8.46. The van der Waals surface area contributed by atoms with Gasteiger partial charge >= 0.3 is 0 Å². The number of nitrogens with one attached hydrogen (secondary N) is 1. The van der Waals surface area contributed by atoms with Crippen molar-refractivity contribution < 1.29 is 0 Å². The number of hydrogen-bond acceptors (Lipinski definition) is 1. The second-order valence-corrected chi connectivity index (χ2v) is 6.75. The maximum absolute atomic E-state index is 3.67. The monoisotopic (exact) mass is 273 g/mol. The average molecular weight is 273 g/mol. The highest BCUT2D eigenvalue weighted by molar-refractivity contribution is 5.14. The van der Waals surface area contributed by atoms with Crippen molar-refractivity contribution >= 4 is 0 Å². The van der Waals surface area contributed by atoms with Gasteiger partial charge < -0.3 is 5.32 Å². The summed E-state index contributed by atoms with van der Waals surface area (Å²) in [6, 6.07) is 11.6. The Morgan fingerprint density at radius 2 is 1.70 bits per heavy atom. The van der Waals surface area contributed by atoms with E-state index in [9.17, 15) is 0 Å². The Balaban J connectivity index is 1.87. The lowest BCUT2D eigenvalue weighted by Crippen LogP contribution is -2.32. The van der Waals surface area contributed by atoms with Gasteiger partial charge in [-0.25, -0.2) is 0 Å². The molecule has 1 fully saturated rings. The van der Waals surface area contributed by atoms with E-state index >= 15 is 0 Å². The van der Waals surface area contributed by atoms with Crippen LogP contribution in [0.25, 0.3) is 0 Å². The van der Waals surface area contributed by atoms with Crippen molar-refractivity contribution in [2.45, 2.75) is 64.8 Å². The molecule has 0 radical (unpaired) electrons. The first-order valence-corrected chi connectivity index (χ1v) is 8.53. The molecule has 1 nitrogen and oxygen atoms in total. The normalized spacial score (nSPS) is 23.8. The fourth-order valence-corrected chi connectivity index (χ4v) is 3.49. The van der Waals surface area contributed by atoms with Crippen LogP contribution in [0.4, 0.5) is 0 Å². The summed E-state index contributed by atoms with van der Waals surface area (Å²) >= 11 is 0. The van der Waals surface area contributed by atoms with E-state index in [0.717, 1.165) is 11.8 Å². The zero-order valence-corrected chi connectivity index (χ0v) is 13.3. The largest absolute Gasteiger partial charge is 0.314 e. The van der Waals surface area contributed by atoms with Crippen molar-refractivity contribution in [2.75, 3.05) is 6.54 Å². The molecular formula is C19H31N. The molecule has 112 valence electrons. The van der Waals surface area contributed by atoms with E-state index < -0.39 is 0 Å². The molecule has 0 heterocycles. The van der Waals surface area contributed by atoms with Crippen LogP contribution in [0, 0.1) is 11.8 Å². The molecule has 0 aliphatic heterocycles. The maximum Gasteiger partial charge on any atom is 0.00104 e. The van der Waals surface area contributed by atoms with Gasteiger partial charge in [0.2, 0.25) is 0 Å². The van der Waals surface area contributed by atoms with Gasteiger partial charge in [-0.15, -0.1) is 0 Å². The van der Waals surface area contributed by atoms with E-state index in [1.54, 1.807) is 0 Å². The van der Waals surface area contributed by atoms with Crippen molar-refractivity contribution in [3.8, 4) is 0 Å². The highest BCUT2D eigenvalue weighted by Gasteiger charge is 2.23. The minimum Gasteiger partial charge on any atom is -0.314 e. The number of benzene rings is 1. The Kier molecular flexibility index (Phi) is 6.59. The lowest BCUT2D eigenvalue weighted by atomic mass is 9.83. The first-order chi connectivity index (χ1) is 9.75. The predicted molar refractivity (Wildman–Crippen MR) is 88.0 cm³/mol. The van der Waals surface area contributed by atoms with E-state index in [1.807, 2.05) is 0 Å². The van der Waals surface area contributed by atoms with Crippen LogP contribution in [-0.4, -0.2) is 12.6 Å². The quantitative estimate of drug-likeness (QED) is 0.733. The Labute approximate surface area is 125 Å². The van der Waals surface area contributed by atoms with Gasteiger partial charge in [-0.05, 0) is 43.2 Å². The van der Waals surface area contributed by atoms with E-state index in [0.29, 0.717) is 6.04 Å². The van der Waals surface area contributed by atoms with Gasteiger partial charge in [0, 0.05) is 6.04 Å². The van der Waals surface area contributed by atoms with Gasteiger partial charge in [0.25, 0.3) is 0 Å². The molecule has 20 heavy (non-hydrogen) atoms. The topological polar surface area (TPSA) is 12.0 Å². The summed E-state index contributed by atoms with van der Waals surface area (Å²) in [7, 11) is 0. The lowest BCUT2D eigenvalue weighted by molar-refractivity contribution is 0.277. The van der Waals surface area contributed by atoms with Crippen molar-refractivity contribution in [3.63, 3.8) is 0 Å². The molecule has 0 amide bonds. The van der Waals surface area contributed by atoms with Crippen molar-refractivity contribution in [1.29, 1.82) is 0 Å². The van der Waals surface area contributed by atoms with Crippen LogP contribution in [0.5, 0.6) is 0 Å². The Morgan fingerprint density at radius 1 is 1.00 bits per heavy atom. The summed E-state index contributed by atoms with van der Waals surface area (Å²) in [5, 5.41) is 3.67. The molecule has 2 unspecified atom stereocenters. The third-order valence-electron chi connectivity index (χ3n) is 4.75. The van der Waals surface area contributed by atoms with Gasteiger partial charge in [0.05, 0.1) is 0 Å². The van der Waals surface area contributed by atoms with Gasteiger partial charge in [-0.2, -0.15) is 0 Å². The van der Waals surface area contributed by atoms with E-state index in [4.69, 9.17) is 0 Å². The Hall–Kier alpha value is -0.820. The summed E-state index contributed by atoms with van der Waals surface area (Å²) < 4.78 is 0. The molecule has 1 aliphatic carbocycles. The molecule has 1 aromatic carbocycles. The van der Waals surface area contributed by atoms with Crippen molar-refractivity contribution in [3.05, 3.63) is 35.9 Å². The molecule has 1 aliphatic rings. The third kappa shape index (κ3) is 5.28. The van der Waals surface area contributed by atoms with Crippen LogP contribution >= 0.6 is 0 Å². The van der Waals surface area contributed by atoms with Crippen molar-refractivity contribution in [2.24, 2.45) is 11.8 Å². The molecule has 1 heteroatoms. The minimum atomic E-state index is 0.619. The van der Waals surface area contributed by atoms with Crippen LogP contribution in [-0.2, 0) is 6.42 Å². The molecular weight excluding hydrogens is 242 g/mol. The van der Waals surface area contributed by atoms with Crippen LogP contribution in [0.1, 0.15) is 57.9 Å². The summed E-state index contributed by atoms with van der Waals surface area (Å²) in [6.07, 6.45) is 9.82. The summed E-state index contributed by atoms with van der Waals surface area (Å²) in [5.74, 6) is 1.81. The standard InChI is InChI=1S/C19H31N/c1-16(2)20-15-19-12-8-4-7-11-18(19)14-13-17-9-5-3-6-10-17/h3,5-6,9-10,16,18-20H,4,7-8,11-15H2,1-2H3. The number of rotatable bonds is 6. The Bertz CT molecular complexity index is 357. The van der Waals surface area contributed by atoms with Gasteiger partial charge in [-0.3, -0.25) is 0 Å². The SMILES string of the molecule is CC(C)NCC1CCCCCC1CCc1ccccc1. The molecule has 0 bridgehead atoms. The molecule has 0 spiro atoms. The molecule has 2 rings (SSSR count). The number of aryl methyl sites for hydroxylation is 1. The molecule has 0 saturated heterocycles. The highest BCUT2D eigenvalue weighted by Crippen LogP contribution is 2.31. The Morgan fingerprint density at radius 3 is 2.40 bits per heavy atom. The third-order valence-corrected chi connectivity index (χ3v) is 4.75. The highest BCUT2D eigenvalue weighted by atomic mass is 14.9. The lowest BCUT2D eigenvalue weighted by Gasteiger charge is -2.26. The van der Waals surface area contributed by atoms with Crippen LogP contribution < -0.4 is 5.32 Å². The smallest absolute Gasteiger partial charge is 0.00104 e. The average Bonchev–Trinajstić information content (AvgIpc) is 2.69. The summed E-state index contributed by atoms with van der Waals surface area (Å²) in [6.45, 7) is 5.74. The van der Waals surface area contributed by atoms with E-state index in [1.165, 1.54) is 57.1 Å². The van der Waals surface area contributed by atoms with E-state index in [-0.39, 0.29) is 0 Å². The van der Waals surface area contributed by atoms with Gasteiger partial charge in [0.15, 0.2) is 0 Å². The zero-order chi connectivity index (χ0) is 14.2. The fourth-order valence-electron chi connectivity index (χ4n) is 3.49. The molecule has 1 N–H and O–H groups in total. The number of hydrogen-bond donors (Lipinski definition) is 1. The fraction of sp³-hybridized carbons (Fsp3) is 0.684. The first kappa shape index (κ1) is 15.6. The second-order valence-electron chi connectivity index (χ2n) is 6.75. The molecule has 2 atom stereocenters. The first-order valence-electron chi connectivity index (χ1n) is 8.53. The predicted octanol–water partition coefficient (Wildman–Crippen LogP) is 4.81. The molecule has 1 aromatic rings. The molecule has 0 aromatic heterocycles. The maximum atomic E-state index is 3.67.